The summed E-state index contributed by atoms with van der Waals surface area (Å²) >= 11 is 1.89. The second-order valence-electron chi connectivity index (χ2n) is 12.1. The summed E-state index contributed by atoms with van der Waals surface area (Å²) < 4.78 is 2.69. The maximum absolute atomic E-state index is 2.43. The lowest BCUT2D eigenvalue weighted by molar-refractivity contribution is 1.65. The molecule has 45 heavy (non-hydrogen) atoms. The third kappa shape index (κ3) is 3.72. The average Bonchev–Trinajstić information content (AvgIpc) is 3.48. The van der Waals surface area contributed by atoms with Crippen LogP contribution in [0.4, 0.5) is 0 Å². The van der Waals surface area contributed by atoms with Gasteiger partial charge in [0.25, 0.3) is 0 Å². The van der Waals surface area contributed by atoms with Crippen LogP contribution in [0.2, 0.25) is 0 Å². The van der Waals surface area contributed by atoms with Gasteiger partial charge in [-0.1, -0.05) is 121 Å². The first-order chi connectivity index (χ1) is 22.3. The Kier molecular flexibility index (Phi) is 5.25. The molecule has 0 aliphatic heterocycles. The molecule has 10 rings (SSSR count). The van der Waals surface area contributed by atoms with Gasteiger partial charge in [-0.2, -0.15) is 0 Å². The summed E-state index contributed by atoms with van der Waals surface area (Å²) in [6, 6.07) is 58.5. The van der Waals surface area contributed by atoms with Crippen LogP contribution in [-0.4, -0.2) is 0 Å². The summed E-state index contributed by atoms with van der Waals surface area (Å²) in [7, 11) is 0. The summed E-state index contributed by atoms with van der Waals surface area (Å²) in [5.74, 6) is 0. The molecule has 0 atom stereocenters. The first kappa shape index (κ1) is 24.9. The Morgan fingerprint density at radius 1 is 0.267 bits per heavy atom. The zero-order valence-corrected chi connectivity index (χ0v) is 25.2. The van der Waals surface area contributed by atoms with Crippen molar-refractivity contribution < 1.29 is 0 Å². The molecule has 0 unspecified atom stereocenters. The molecular weight excluding hydrogens is 561 g/mol. The van der Waals surface area contributed by atoms with Crippen molar-refractivity contribution in [1.29, 1.82) is 0 Å². The van der Waals surface area contributed by atoms with E-state index in [-0.39, 0.29) is 0 Å². The van der Waals surface area contributed by atoms with Crippen molar-refractivity contribution in [3.05, 3.63) is 158 Å². The van der Waals surface area contributed by atoms with E-state index < -0.39 is 0 Å². The van der Waals surface area contributed by atoms with E-state index in [1.807, 2.05) is 11.3 Å². The lowest BCUT2D eigenvalue weighted by Gasteiger charge is -2.15. The summed E-state index contributed by atoms with van der Waals surface area (Å²) in [4.78, 5) is 0. The van der Waals surface area contributed by atoms with Crippen LogP contribution in [0.5, 0.6) is 0 Å². The molecule has 0 nitrogen and oxygen atoms in total. The predicted octanol–water partition coefficient (Wildman–Crippen LogP) is 13.2. The molecule has 0 aliphatic rings. The molecule has 0 saturated heterocycles. The molecule has 0 aliphatic carbocycles. The standard InChI is InChI=1S/C44H26S/c1-2-10-27(11-3-1)28-18-19-29-23-38(32-13-5-4-12-31(32)37(29)22-28)30-20-21-35-39(24-30)33-14-6-7-15-34(33)40-25-42-36-16-8-9-17-43(36)45-44(42)26-41(35)40/h1-26H. The van der Waals surface area contributed by atoms with Gasteiger partial charge < -0.3 is 0 Å². The lowest BCUT2D eigenvalue weighted by Crippen LogP contribution is -1.88. The Balaban J connectivity index is 1.25. The molecule has 1 heterocycles. The number of hydrogen-bond acceptors (Lipinski definition) is 1. The minimum atomic E-state index is 1.24. The number of benzene rings is 9. The normalized spacial score (nSPS) is 12.0. The molecule has 1 aromatic heterocycles. The van der Waals surface area contributed by atoms with Crippen LogP contribution in [0.25, 0.3) is 96.3 Å². The molecule has 0 fully saturated rings. The fraction of sp³-hybridized carbons (Fsp3) is 0. The van der Waals surface area contributed by atoms with Gasteiger partial charge in [-0.15, -0.1) is 11.3 Å². The SMILES string of the molecule is c1ccc(-c2ccc3cc(-c4ccc5c(c4)c4ccccc4c4cc6c(cc54)sc4ccccc46)c4ccccc4c3c2)cc1. The van der Waals surface area contributed by atoms with Crippen LogP contribution < -0.4 is 0 Å². The molecule has 0 radical (unpaired) electrons. The van der Waals surface area contributed by atoms with E-state index in [9.17, 15) is 0 Å². The van der Waals surface area contributed by atoms with Gasteiger partial charge in [-0.3, -0.25) is 0 Å². The molecule has 0 saturated carbocycles. The fourth-order valence-electron chi connectivity index (χ4n) is 7.49. The van der Waals surface area contributed by atoms with Crippen LogP contribution in [0.3, 0.4) is 0 Å². The maximum Gasteiger partial charge on any atom is 0.0362 e. The Bertz CT molecular complexity index is 2800. The van der Waals surface area contributed by atoms with Gasteiger partial charge in [0.05, 0.1) is 0 Å². The smallest absolute Gasteiger partial charge is 0.0362 e. The first-order valence-electron chi connectivity index (χ1n) is 15.5. The van der Waals surface area contributed by atoms with Crippen molar-refractivity contribution in [2.24, 2.45) is 0 Å². The van der Waals surface area contributed by atoms with Gasteiger partial charge in [0.2, 0.25) is 0 Å². The van der Waals surface area contributed by atoms with Gasteiger partial charge >= 0.3 is 0 Å². The lowest BCUT2D eigenvalue weighted by atomic mass is 9.88. The van der Waals surface area contributed by atoms with E-state index in [1.165, 1.54) is 96.3 Å². The van der Waals surface area contributed by atoms with Crippen LogP contribution >= 0.6 is 11.3 Å². The highest BCUT2D eigenvalue weighted by atomic mass is 32.1. The van der Waals surface area contributed by atoms with E-state index in [4.69, 9.17) is 0 Å². The van der Waals surface area contributed by atoms with Crippen LogP contribution in [0.15, 0.2) is 158 Å². The van der Waals surface area contributed by atoms with Gasteiger partial charge in [0.15, 0.2) is 0 Å². The largest absolute Gasteiger partial charge is 0.135 e. The van der Waals surface area contributed by atoms with Gasteiger partial charge in [-0.25, -0.2) is 0 Å². The molecule has 9 aromatic carbocycles. The number of rotatable bonds is 2. The highest BCUT2D eigenvalue weighted by Crippen LogP contribution is 2.44. The Hall–Kier alpha value is -5.50. The second kappa shape index (κ2) is 9.50. The summed E-state index contributed by atoms with van der Waals surface area (Å²) in [6.07, 6.45) is 0. The Morgan fingerprint density at radius 2 is 0.844 bits per heavy atom. The average molecular weight is 587 g/mol. The molecular formula is C44H26S. The maximum atomic E-state index is 2.43. The van der Waals surface area contributed by atoms with Crippen molar-refractivity contribution in [2.75, 3.05) is 0 Å². The topological polar surface area (TPSA) is 0 Å². The molecule has 0 bridgehead atoms. The minimum Gasteiger partial charge on any atom is -0.135 e. The first-order valence-corrected chi connectivity index (χ1v) is 16.3. The number of hydrogen-bond donors (Lipinski definition) is 0. The Labute approximate surface area is 264 Å². The molecule has 0 N–H and O–H groups in total. The van der Waals surface area contributed by atoms with Crippen LogP contribution in [0.1, 0.15) is 0 Å². The molecule has 0 amide bonds. The highest BCUT2D eigenvalue weighted by molar-refractivity contribution is 7.25. The van der Waals surface area contributed by atoms with Crippen molar-refractivity contribution in [3.63, 3.8) is 0 Å². The molecule has 0 spiro atoms. The third-order valence-corrected chi connectivity index (χ3v) is 10.7. The van der Waals surface area contributed by atoms with E-state index in [0.717, 1.165) is 0 Å². The van der Waals surface area contributed by atoms with Crippen molar-refractivity contribution in [2.45, 2.75) is 0 Å². The predicted molar refractivity (Wildman–Crippen MR) is 198 cm³/mol. The number of fused-ring (bicyclic) bond motifs is 12. The molecule has 1 heteroatoms. The second-order valence-corrected chi connectivity index (χ2v) is 13.2. The van der Waals surface area contributed by atoms with E-state index in [1.54, 1.807) is 0 Å². The monoisotopic (exact) mass is 586 g/mol. The van der Waals surface area contributed by atoms with Gasteiger partial charge in [-0.05, 0) is 113 Å². The summed E-state index contributed by atoms with van der Waals surface area (Å²) in [6.45, 7) is 0. The van der Waals surface area contributed by atoms with Gasteiger partial charge in [0.1, 0.15) is 0 Å². The zero-order chi connectivity index (χ0) is 29.5. The molecule has 208 valence electrons. The van der Waals surface area contributed by atoms with Crippen LogP contribution in [-0.2, 0) is 0 Å². The summed E-state index contributed by atoms with van der Waals surface area (Å²) in [5, 5.41) is 15.7. The van der Waals surface area contributed by atoms with E-state index >= 15 is 0 Å². The molecule has 10 aromatic rings. The van der Waals surface area contributed by atoms with Gasteiger partial charge in [0, 0.05) is 20.2 Å². The Morgan fingerprint density at radius 3 is 1.64 bits per heavy atom. The zero-order valence-electron chi connectivity index (χ0n) is 24.4. The van der Waals surface area contributed by atoms with Crippen molar-refractivity contribution >= 4 is 85.4 Å². The van der Waals surface area contributed by atoms with E-state index in [0.29, 0.717) is 0 Å². The van der Waals surface area contributed by atoms with Crippen LogP contribution in [0, 0.1) is 0 Å². The summed E-state index contributed by atoms with van der Waals surface area (Å²) in [5.41, 5.74) is 5.02. The minimum absolute atomic E-state index is 1.24. The van der Waals surface area contributed by atoms with E-state index in [2.05, 4.69) is 158 Å². The van der Waals surface area contributed by atoms with Crippen molar-refractivity contribution in [1.82, 2.24) is 0 Å². The third-order valence-electron chi connectivity index (χ3n) is 9.61. The fourth-order valence-corrected chi connectivity index (χ4v) is 8.62. The number of thiophene rings is 1. The quantitative estimate of drug-likeness (QED) is 0.177. The van der Waals surface area contributed by atoms with Crippen molar-refractivity contribution in [3.8, 4) is 22.3 Å². The highest BCUT2D eigenvalue weighted by Gasteiger charge is 2.15.